The molecule has 0 aromatic heterocycles. The van der Waals surface area contributed by atoms with Crippen LogP contribution < -0.4 is 11.1 Å². The van der Waals surface area contributed by atoms with Gasteiger partial charge >= 0.3 is 0 Å². The first-order valence-electron chi connectivity index (χ1n) is 7.37. The van der Waals surface area contributed by atoms with Gasteiger partial charge in [-0.3, -0.25) is 4.79 Å². The molecule has 3 N–H and O–H groups in total. The van der Waals surface area contributed by atoms with Crippen LogP contribution >= 0.6 is 0 Å². The molecule has 2 aliphatic rings. The quantitative estimate of drug-likeness (QED) is 0.798. The number of carbonyl (C=O) groups excluding carboxylic acids is 1. The molecule has 1 aliphatic heterocycles. The average Bonchev–Trinajstić information content (AvgIpc) is 2.41. The van der Waals surface area contributed by atoms with Crippen LogP contribution in [-0.4, -0.2) is 31.7 Å². The lowest BCUT2D eigenvalue weighted by Crippen LogP contribution is -2.42. The lowest BCUT2D eigenvalue weighted by Gasteiger charge is -2.30. The summed E-state index contributed by atoms with van der Waals surface area (Å²) >= 11 is 0. The smallest absolute Gasteiger partial charge is 0.223 e. The fourth-order valence-corrected chi connectivity index (χ4v) is 3.11. The number of nitrogens with two attached hydrogens (primary N) is 1. The third-order valence-corrected chi connectivity index (χ3v) is 4.36. The van der Waals surface area contributed by atoms with Crippen molar-refractivity contribution in [1.29, 1.82) is 0 Å². The summed E-state index contributed by atoms with van der Waals surface area (Å²) in [6, 6.07) is 0.341. The molecule has 0 atom stereocenters. The van der Waals surface area contributed by atoms with Gasteiger partial charge in [-0.15, -0.1) is 0 Å². The molecular weight excluding hydrogens is 228 g/mol. The summed E-state index contributed by atoms with van der Waals surface area (Å²) in [4.78, 5) is 12.2. The van der Waals surface area contributed by atoms with Gasteiger partial charge in [-0.25, -0.2) is 0 Å². The van der Waals surface area contributed by atoms with Crippen molar-refractivity contribution in [2.45, 2.75) is 51.0 Å². The molecule has 0 radical (unpaired) electrons. The molecule has 18 heavy (non-hydrogen) atoms. The fraction of sp³-hybridized carbons (Fsp3) is 0.929. The summed E-state index contributed by atoms with van der Waals surface area (Å²) < 4.78 is 5.30. The van der Waals surface area contributed by atoms with Gasteiger partial charge in [0.1, 0.15) is 0 Å². The van der Waals surface area contributed by atoms with Crippen LogP contribution in [0, 0.1) is 11.8 Å². The van der Waals surface area contributed by atoms with Gasteiger partial charge in [0.25, 0.3) is 0 Å². The summed E-state index contributed by atoms with van der Waals surface area (Å²) in [5.74, 6) is 1.26. The van der Waals surface area contributed by atoms with E-state index < -0.39 is 0 Å². The molecule has 1 saturated heterocycles. The van der Waals surface area contributed by atoms with E-state index in [0.29, 0.717) is 6.04 Å². The Bertz CT molecular complexity index is 257. The Balaban J connectivity index is 1.70. The first-order valence-corrected chi connectivity index (χ1v) is 7.37. The van der Waals surface area contributed by atoms with Crippen LogP contribution in [0.5, 0.6) is 0 Å². The Labute approximate surface area is 110 Å². The van der Waals surface area contributed by atoms with Crippen molar-refractivity contribution in [3.8, 4) is 0 Å². The zero-order valence-corrected chi connectivity index (χ0v) is 11.2. The summed E-state index contributed by atoms with van der Waals surface area (Å²) in [7, 11) is 0. The summed E-state index contributed by atoms with van der Waals surface area (Å²) in [6.07, 6.45) is 7.47. The Morgan fingerprint density at radius 1 is 1.11 bits per heavy atom. The second-order valence-electron chi connectivity index (χ2n) is 5.69. The molecule has 0 bridgehead atoms. The number of nitrogens with one attached hydrogen (secondary N) is 1. The van der Waals surface area contributed by atoms with Crippen LogP contribution in [0.2, 0.25) is 0 Å². The number of rotatable bonds is 4. The van der Waals surface area contributed by atoms with Crippen molar-refractivity contribution in [3.63, 3.8) is 0 Å². The van der Waals surface area contributed by atoms with Gasteiger partial charge in [0.2, 0.25) is 5.91 Å². The predicted octanol–water partition coefficient (Wildman–Crippen LogP) is 1.44. The third kappa shape index (κ3) is 3.95. The van der Waals surface area contributed by atoms with Crippen LogP contribution in [0.1, 0.15) is 44.9 Å². The lowest BCUT2D eigenvalue weighted by atomic mass is 9.80. The number of ether oxygens (including phenoxy) is 1. The van der Waals surface area contributed by atoms with Crippen molar-refractivity contribution in [2.24, 2.45) is 17.6 Å². The molecule has 4 nitrogen and oxygen atoms in total. The Kier molecular flexibility index (Phi) is 5.45. The van der Waals surface area contributed by atoms with E-state index in [0.717, 1.165) is 57.8 Å². The highest BCUT2D eigenvalue weighted by Crippen LogP contribution is 2.30. The van der Waals surface area contributed by atoms with Gasteiger partial charge in [0.15, 0.2) is 0 Å². The SMILES string of the molecule is NCCC1CCC(C(=O)NC2CCOCC2)CC1. The maximum atomic E-state index is 12.2. The van der Waals surface area contributed by atoms with Gasteiger partial charge in [-0.2, -0.15) is 0 Å². The van der Waals surface area contributed by atoms with Gasteiger partial charge in [0.05, 0.1) is 0 Å². The van der Waals surface area contributed by atoms with Crippen molar-refractivity contribution in [3.05, 3.63) is 0 Å². The minimum absolute atomic E-state index is 0.238. The van der Waals surface area contributed by atoms with Crippen LogP contribution in [-0.2, 0) is 9.53 Å². The van der Waals surface area contributed by atoms with E-state index in [4.69, 9.17) is 10.5 Å². The molecule has 0 aromatic rings. The maximum absolute atomic E-state index is 12.2. The molecule has 1 saturated carbocycles. The van der Waals surface area contributed by atoms with E-state index in [1.54, 1.807) is 0 Å². The summed E-state index contributed by atoms with van der Waals surface area (Å²) in [6.45, 7) is 2.35. The van der Waals surface area contributed by atoms with Crippen molar-refractivity contribution >= 4 is 5.91 Å². The van der Waals surface area contributed by atoms with Gasteiger partial charge < -0.3 is 15.8 Å². The van der Waals surface area contributed by atoms with Crippen molar-refractivity contribution in [1.82, 2.24) is 5.32 Å². The van der Waals surface area contributed by atoms with E-state index in [1.807, 2.05) is 0 Å². The molecule has 0 spiro atoms. The maximum Gasteiger partial charge on any atom is 0.223 e. The average molecular weight is 254 g/mol. The zero-order chi connectivity index (χ0) is 12.8. The Morgan fingerprint density at radius 3 is 2.39 bits per heavy atom. The third-order valence-electron chi connectivity index (χ3n) is 4.36. The van der Waals surface area contributed by atoms with E-state index >= 15 is 0 Å². The Morgan fingerprint density at radius 2 is 1.78 bits per heavy atom. The lowest BCUT2D eigenvalue weighted by molar-refractivity contribution is -0.127. The number of hydrogen-bond acceptors (Lipinski definition) is 3. The van der Waals surface area contributed by atoms with Crippen LogP contribution in [0.4, 0.5) is 0 Å². The highest BCUT2D eigenvalue weighted by atomic mass is 16.5. The molecule has 0 aromatic carbocycles. The highest BCUT2D eigenvalue weighted by Gasteiger charge is 2.27. The number of amides is 1. The topological polar surface area (TPSA) is 64.4 Å². The zero-order valence-electron chi connectivity index (χ0n) is 11.2. The van der Waals surface area contributed by atoms with E-state index in [-0.39, 0.29) is 11.8 Å². The predicted molar refractivity (Wildman–Crippen MR) is 71.1 cm³/mol. The van der Waals surface area contributed by atoms with E-state index in [2.05, 4.69) is 5.32 Å². The molecule has 1 aliphatic carbocycles. The van der Waals surface area contributed by atoms with Crippen molar-refractivity contribution < 1.29 is 9.53 Å². The van der Waals surface area contributed by atoms with Gasteiger partial charge in [-0.1, -0.05) is 0 Å². The van der Waals surface area contributed by atoms with Gasteiger partial charge in [0, 0.05) is 25.2 Å². The molecule has 4 heteroatoms. The van der Waals surface area contributed by atoms with E-state index in [9.17, 15) is 4.79 Å². The number of carbonyl (C=O) groups is 1. The van der Waals surface area contributed by atoms with Crippen LogP contribution in [0.25, 0.3) is 0 Å². The molecule has 2 fully saturated rings. The minimum Gasteiger partial charge on any atom is -0.381 e. The fourth-order valence-electron chi connectivity index (χ4n) is 3.11. The summed E-state index contributed by atoms with van der Waals surface area (Å²) in [5, 5.41) is 3.19. The molecule has 1 amide bonds. The first-order chi connectivity index (χ1) is 8.79. The highest BCUT2D eigenvalue weighted by molar-refractivity contribution is 5.79. The standard InChI is InChI=1S/C14H26N2O2/c15-8-5-11-1-3-12(4-2-11)14(17)16-13-6-9-18-10-7-13/h11-13H,1-10,15H2,(H,16,17). The molecule has 2 rings (SSSR count). The van der Waals surface area contributed by atoms with Crippen LogP contribution in [0.15, 0.2) is 0 Å². The van der Waals surface area contributed by atoms with Gasteiger partial charge in [-0.05, 0) is 57.4 Å². The summed E-state index contributed by atoms with van der Waals surface area (Å²) in [5.41, 5.74) is 5.59. The van der Waals surface area contributed by atoms with Crippen LogP contribution in [0.3, 0.4) is 0 Å². The minimum atomic E-state index is 0.238. The monoisotopic (exact) mass is 254 g/mol. The van der Waals surface area contributed by atoms with E-state index in [1.165, 1.54) is 12.8 Å². The first kappa shape index (κ1) is 13.8. The molecule has 1 heterocycles. The Hall–Kier alpha value is -0.610. The molecular formula is C14H26N2O2. The van der Waals surface area contributed by atoms with Crippen molar-refractivity contribution in [2.75, 3.05) is 19.8 Å². The normalized spacial score (nSPS) is 30.1. The largest absolute Gasteiger partial charge is 0.381 e. The number of hydrogen-bond donors (Lipinski definition) is 2. The molecule has 104 valence electrons. The second-order valence-corrected chi connectivity index (χ2v) is 5.69. The molecule has 0 unspecified atom stereocenters. The second kappa shape index (κ2) is 7.10.